The van der Waals surface area contributed by atoms with E-state index in [9.17, 15) is 58.5 Å². The summed E-state index contributed by atoms with van der Waals surface area (Å²) in [6.07, 6.45) is -1.69. The number of carboxylic acids is 3. The molecular formula is C62H67N13O15S6. The summed E-state index contributed by atoms with van der Waals surface area (Å²) in [7, 11) is 2.90. The number of ether oxygens (including phenoxy) is 2. The van der Waals surface area contributed by atoms with Gasteiger partial charge in [-0.3, -0.25) is 43.3 Å². The summed E-state index contributed by atoms with van der Waals surface area (Å²) >= 11 is 6.85. The Morgan fingerprint density at radius 1 is 0.667 bits per heavy atom. The zero-order valence-corrected chi connectivity index (χ0v) is 57.2. The zero-order chi connectivity index (χ0) is 68.7. The van der Waals surface area contributed by atoms with E-state index in [0.29, 0.717) is 75.8 Å². The molecule has 1 unspecified atom stereocenters. The fourth-order valence-electron chi connectivity index (χ4n) is 10.0. The van der Waals surface area contributed by atoms with Crippen LogP contribution >= 0.6 is 68.0 Å². The first kappa shape index (κ1) is 71.4. The van der Waals surface area contributed by atoms with Crippen LogP contribution in [0.25, 0.3) is 43.4 Å². The van der Waals surface area contributed by atoms with E-state index in [1.54, 1.807) is 65.5 Å². The molecule has 10 bridgehead atoms. The smallest absolute Gasteiger partial charge is 0.415 e. The monoisotopic (exact) mass is 1430 g/mol. The molecular weight excluding hydrogens is 1360 g/mol. The van der Waals surface area contributed by atoms with E-state index in [1.165, 1.54) is 35.8 Å². The van der Waals surface area contributed by atoms with E-state index in [2.05, 4.69) is 36.6 Å². The number of aliphatic carboxylic acids is 3. The van der Waals surface area contributed by atoms with Crippen molar-refractivity contribution in [2.45, 2.75) is 109 Å². The molecule has 1 aliphatic rings. The standard InChI is InChI=1S/C62H67N13O15S6/c1-30(2)47-61-74-50(40(96-61)25-89-5)54(86)64-23-43(77)71-51(52(84)33-14-7-6-8-15-33)60-69-39(28-93-60)58-67-37(26-92-58)49-34(56-68-38(27-91-56)53(85)66-36(22-42(76)63-4)59-73-48(31(3)95-59)55(87)72-47)18-19-35(65-49)57-70-41(29-94-57)75(20-12-11-17-45(80)81)62(88)90-24-32(21-46(82)83)13-9-10-16-44(78)79/h6-8,14-15,18-19,26-30,32,36,47,51-52,84H,9-13,16-17,20-25H2,1-5H3,(H,63,76)(H,64,86)(H,66,85)(H,71,77)(H,72,87)(H,78,79)(H,80,81)(H,82,83)/t32?,36-,47-,51-,52-/m0/s1. The van der Waals surface area contributed by atoms with E-state index < -0.39 is 90.2 Å². The summed E-state index contributed by atoms with van der Waals surface area (Å²) in [5.41, 5.74) is 2.09. The number of rotatable bonds is 23. The number of carbonyl (C=O) groups excluding carboxylic acids is 6. The van der Waals surface area contributed by atoms with Crippen LogP contribution in [0.1, 0.15) is 158 Å². The number of aryl methyl sites for hydroxylation is 1. The number of carboxylic acid groups (broad SMARTS) is 3. The number of hydrogen-bond donors (Lipinski definition) is 9. The highest BCUT2D eigenvalue weighted by Crippen LogP contribution is 2.41. The van der Waals surface area contributed by atoms with Crippen LogP contribution in [0.4, 0.5) is 10.6 Å². The first-order chi connectivity index (χ1) is 46.1. The maximum atomic E-state index is 14.4. The molecule has 0 saturated heterocycles. The van der Waals surface area contributed by atoms with Crippen LogP contribution in [0.3, 0.4) is 0 Å². The molecule has 5 atom stereocenters. The van der Waals surface area contributed by atoms with E-state index in [4.69, 9.17) is 39.5 Å². The van der Waals surface area contributed by atoms with E-state index in [1.807, 2.05) is 13.8 Å². The van der Waals surface area contributed by atoms with Gasteiger partial charge in [-0.25, -0.2) is 39.7 Å². The highest BCUT2D eigenvalue weighted by molar-refractivity contribution is 7.15. The van der Waals surface area contributed by atoms with Gasteiger partial charge in [0.1, 0.15) is 82.2 Å². The third kappa shape index (κ3) is 18.4. The number of fused-ring (bicyclic) bond motifs is 14. The number of hydrogen-bond acceptors (Lipinski definition) is 25. The quantitative estimate of drug-likeness (QED) is 0.0269. The van der Waals surface area contributed by atoms with E-state index in [-0.39, 0.29) is 104 Å². The second-order valence-corrected chi connectivity index (χ2v) is 28.1. The van der Waals surface area contributed by atoms with Crippen molar-refractivity contribution >= 4 is 127 Å². The van der Waals surface area contributed by atoms with Crippen molar-refractivity contribution in [2.24, 2.45) is 11.8 Å². The first-order valence-electron chi connectivity index (χ1n) is 30.1. The topological polar surface area (TPSA) is 407 Å². The average Bonchev–Trinajstić information content (AvgIpc) is 1.60. The summed E-state index contributed by atoms with van der Waals surface area (Å²) < 4.78 is 11.2. The Morgan fingerprint density at radius 3 is 2.07 bits per heavy atom. The summed E-state index contributed by atoms with van der Waals surface area (Å²) in [6.45, 7) is 4.51. The lowest BCUT2D eigenvalue weighted by Crippen LogP contribution is -2.40. The normalized spacial score (nSPS) is 15.9. The molecule has 9 rings (SSSR count). The Morgan fingerprint density at radius 2 is 1.35 bits per heavy atom. The summed E-state index contributed by atoms with van der Waals surface area (Å²) in [5.74, 6) is -7.01. The number of nitrogens with zero attached hydrogens (tertiary/aromatic N) is 8. The predicted molar refractivity (Wildman–Crippen MR) is 359 cm³/mol. The number of unbranched alkanes of at least 4 members (excludes halogenated alkanes) is 2. The molecule has 6 amide bonds. The van der Waals surface area contributed by atoms with Gasteiger partial charge in [0, 0.05) is 71.4 Å². The number of aliphatic hydroxyl groups excluding tert-OH is 1. The van der Waals surface area contributed by atoms with Crippen LogP contribution in [0, 0.1) is 18.8 Å². The fourth-order valence-corrected chi connectivity index (χ4v) is 15.6. The van der Waals surface area contributed by atoms with Crippen LogP contribution in [-0.4, -0.2) is 143 Å². The van der Waals surface area contributed by atoms with Crippen LogP contribution in [-0.2, 0) is 40.1 Å². The number of aromatic nitrogens is 7. The lowest BCUT2D eigenvalue weighted by atomic mass is 9.98. The molecule has 0 fully saturated rings. The molecule has 0 aliphatic carbocycles. The fraction of sp³-hybridized carbons (Fsp3) is 0.387. The van der Waals surface area contributed by atoms with Crippen LogP contribution in [0.15, 0.2) is 64.0 Å². The van der Waals surface area contributed by atoms with Gasteiger partial charge < -0.3 is 56.5 Å². The lowest BCUT2D eigenvalue weighted by Gasteiger charge is -2.23. The molecule has 506 valence electrons. The predicted octanol–water partition coefficient (Wildman–Crippen LogP) is 9.25. The Balaban J connectivity index is 1.10. The van der Waals surface area contributed by atoms with E-state index >= 15 is 0 Å². The molecule has 0 radical (unpaired) electrons. The van der Waals surface area contributed by atoms with Crippen molar-refractivity contribution in [2.75, 3.05) is 38.8 Å². The molecule has 1 aromatic carbocycles. The minimum absolute atomic E-state index is 0.0244. The van der Waals surface area contributed by atoms with Gasteiger partial charge in [0.2, 0.25) is 11.8 Å². The first-order valence-corrected chi connectivity index (χ1v) is 35.3. The largest absolute Gasteiger partial charge is 0.481 e. The van der Waals surface area contributed by atoms with Crippen LogP contribution in [0.5, 0.6) is 0 Å². The SMILES string of the molecule is CNC(=O)C[C@@H]1NC(=O)c2csc(n2)-c2ccc(-c3nc(N(CCCCC(=O)O)C(=O)OCC(CCCCC(=O)O)CC(=O)O)cs3)nc2-c2csc(n2)-c2csc(n2)[C@H]([C@@H](O)c2ccccc2)NC(=O)CNC(=O)c2nc(sc2COC)[C@H](C(C)C)NC(=O)c2nc1sc2C. The van der Waals surface area contributed by atoms with Gasteiger partial charge in [-0.1, -0.05) is 50.6 Å². The number of thiazole rings is 6. The van der Waals surface area contributed by atoms with Crippen LogP contribution < -0.4 is 31.5 Å². The van der Waals surface area contributed by atoms with Crippen molar-refractivity contribution in [3.8, 4) is 43.4 Å². The van der Waals surface area contributed by atoms with Crippen LogP contribution in [0.2, 0.25) is 0 Å². The number of carbonyl (C=O) groups is 9. The molecule has 1 aliphatic heterocycles. The number of nitrogens with one attached hydrogen (secondary N) is 5. The molecule has 8 aromatic rings. The molecule has 8 heterocycles. The molecule has 34 heteroatoms. The number of pyridine rings is 1. The summed E-state index contributed by atoms with van der Waals surface area (Å²) in [6, 6.07) is 9.08. The minimum atomic E-state index is -1.33. The highest BCUT2D eigenvalue weighted by Gasteiger charge is 2.34. The lowest BCUT2D eigenvalue weighted by molar-refractivity contribution is -0.139. The van der Waals surface area contributed by atoms with Gasteiger partial charge in [0.25, 0.3) is 17.7 Å². The molecule has 9 N–H and O–H groups in total. The van der Waals surface area contributed by atoms with Crippen molar-refractivity contribution in [3.63, 3.8) is 0 Å². The Bertz CT molecular complexity index is 4130. The van der Waals surface area contributed by atoms with Crippen molar-refractivity contribution in [1.29, 1.82) is 0 Å². The third-order valence-corrected chi connectivity index (χ3v) is 20.6. The van der Waals surface area contributed by atoms with Gasteiger partial charge in [0.15, 0.2) is 0 Å². The van der Waals surface area contributed by atoms with E-state index in [0.717, 1.165) is 56.7 Å². The zero-order valence-electron chi connectivity index (χ0n) is 52.3. The second-order valence-electron chi connectivity index (χ2n) is 22.3. The molecule has 96 heavy (non-hydrogen) atoms. The number of methoxy groups -OCH3 is 1. The Kier molecular flexibility index (Phi) is 24.7. The third-order valence-electron chi connectivity index (χ3n) is 14.9. The molecule has 0 spiro atoms. The van der Waals surface area contributed by atoms with Crippen molar-refractivity contribution < 1.29 is 73.1 Å². The van der Waals surface area contributed by atoms with Gasteiger partial charge in [-0.05, 0) is 56.2 Å². The second kappa shape index (κ2) is 33.2. The molecule has 7 aromatic heterocycles. The summed E-state index contributed by atoms with van der Waals surface area (Å²) in [4.78, 5) is 154. The maximum Gasteiger partial charge on any atom is 0.415 e. The van der Waals surface area contributed by atoms with Gasteiger partial charge in [-0.15, -0.1) is 68.0 Å². The number of aliphatic hydroxyl groups is 1. The van der Waals surface area contributed by atoms with Crippen molar-refractivity contribution in [1.82, 2.24) is 61.5 Å². The summed E-state index contributed by atoms with van der Waals surface area (Å²) in [5, 5.41) is 62.7. The number of benzene rings is 1. The number of amides is 6. The molecule has 28 nitrogen and oxygen atoms in total. The number of anilines is 1. The maximum absolute atomic E-state index is 14.4. The Labute approximate surface area is 573 Å². The van der Waals surface area contributed by atoms with Gasteiger partial charge >= 0.3 is 24.0 Å². The van der Waals surface area contributed by atoms with Gasteiger partial charge in [-0.2, -0.15) is 0 Å². The van der Waals surface area contributed by atoms with Crippen molar-refractivity contribution in [3.05, 3.63) is 111 Å². The minimum Gasteiger partial charge on any atom is -0.481 e. The average molecular weight is 1430 g/mol. The van der Waals surface area contributed by atoms with Gasteiger partial charge in [0.05, 0.1) is 55.3 Å². The Hall–Kier alpha value is -8.90. The molecule has 0 saturated carbocycles. The highest BCUT2D eigenvalue weighted by atomic mass is 32.1.